The number of carbonyl (C=O) groups is 6. The van der Waals surface area contributed by atoms with Gasteiger partial charge in [-0.25, -0.2) is 4.79 Å². The van der Waals surface area contributed by atoms with Crippen LogP contribution in [0.25, 0.3) is 0 Å². The number of hydrogen-bond donors (Lipinski definition) is 6. The summed E-state index contributed by atoms with van der Waals surface area (Å²) in [4.78, 5) is 83.0. The molecule has 0 heterocycles. The summed E-state index contributed by atoms with van der Waals surface area (Å²) in [5.74, 6) is -3.95. The molecular weight excluding hydrogens is 773 g/mol. The second-order valence-electron chi connectivity index (χ2n) is 18.2. The number of ether oxygens (including phenoxy) is 1. The highest BCUT2D eigenvalue weighted by Gasteiger charge is 2.42. The van der Waals surface area contributed by atoms with Crippen LogP contribution >= 0.6 is 0 Å². The van der Waals surface area contributed by atoms with Crippen molar-refractivity contribution in [1.82, 2.24) is 31.9 Å². The number of carbonyl (C=O) groups excluding carboxylic acids is 6. The minimum atomic E-state index is -1.50. The van der Waals surface area contributed by atoms with Crippen molar-refractivity contribution in [3.05, 3.63) is 108 Å². The highest BCUT2D eigenvalue weighted by Crippen LogP contribution is 2.30. The fourth-order valence-electron chi connectivity index (χ4n) is 6.85. The molecule has 3 rings (SSSR count). The molecule has 6 amide bonds. The lowest BCUT2D eigenvalue weighted by molar-refractivity contribution is -0.138. The standard InChI is InChI=1S/C48H68N6O7/c1-12-23-35(39(55)52-46(6,7)41(57)49-31-32-25-17-14-18-26-32)37(33-27-19-15-20-28-33)50-42(58)47(8,9)53-40(56)36(24-13-2)38(34-29-21-16-22-30-34)51-43(59)48(10,11)54-44(60)61-45(3,4)5/h14-22,25-30,35-38H,12-13,23-24,31H2,1-11H3,(H,49,57)(H,50,58)(H,51,59)(H,52,55)(H,53,56)(H,54,60)/t35-,36-,37+,38+/m1/s1. The van der Waals surface area contributed by atoms with E-state index in [1.165, 1.54) is 0 Å². The third kappa shape index (κ3) is 15.1. The van der Waals surface area contributed by atoms with Gasteiger partial charge in [-0.15, -0.1) is 0 Å². The van der Waals surface area contributed by atoms with Gasteiger partial charge in [0, 0.05) is 6.54 Å². The quantitative estimate of drug-likeness (QED) is 0.0712. The van der Waals surface area contributed by atoms with Gasteiger partial charge in [0.15, 0.2) is 0 Å². The molecule has 0 radical (unpaired) electrons. The van der Waals surface area contributed by atoms with E-state index in [2.05, 4.69) is 31.9 Å². The molecule has 0 aliphatic heterocycles. The monoisotopic (exact) mass is 841 g/mol. The van der Waals surface area contributed by atoms with Gasteiger partial charge >= 0.3 is 6.09 Å². The van der Waals surface area contributed by atoms with E-state index in [0.29, 0.717) is 43.4 Å². The van der Waals surface area contributed by atoms with E-state index in [4.69, 9.17) is 4.74 Å². The lowest BCUT2D eigenvalue weighted by Gasteiger charge is -2.36. The largest absolute Gasteiger partial charge is 0.444 e. The molecule has 0 aliphatic carbocycles. The van der Waals surface area contributed by atoms with Crippen LogP contribution in [-0.2, 0) is 35.3 Å². The van der Waals surface area contributed by atoms with Crippen LogP contribution in [0.15, 0.2) is 91.0 Å². The van der Waals surface area contributed by atoms with Crippen molar-refractivity contribution in [2.75, 3.05) is 0 Å². The van der Waals surface area contributed by atoms with E-state index >= 15 is 0 Å². The van der Waals surface area contributed by atoms with E-state index in [1.807, 2.05) is 105 Å². The van der Waals surface area contributed by atoms with Crippen molar-refractivity contribution in [2.24, 2.45) is 11.8 Å². The Balaban J connectivity index is 1.89. The minimum Gasteiger partial charge on any atom is -0.444 e. The summed E-state index contributed by atoms with van der Waals surface area (Å²) in [5.41, 5.74) is -2.73. The first-order valence-corrected chi connectivity index (χ1v) is 21.2. The molecule has 0 saturated heterocycles. The zero-order chi connectivity index (χ0) is 45.6. The molecule has 0 bridgehead atoms. The third-order valence-corrected chi connectivity index (χ3v) is 10.3. The van der Waals surface area contributed by atoms with E-state index < -0.39 is 75.9 Å². The Morgan fingerprint density at radius 1 is 0.508 bits per heavy atom. The number of alkyl carbamates (subject to hydrolysis) is 1. The first-order valence-electron chi connectivity index (χ1n) is 21.2. The zero-order valence-corrected chi connectivity index (χ0v) is 37.9. The average Bonchev–Trinajstić information content (AvgIpc) is 3.19. The van der Waals surface area contributed by atoms with Crippen molar-refractivity contribution in [1.29, 1.82) is 0 Å². The smallest absolute Gasteiger partial charge is 0.408 e. The molecule has 13 heteroatoms. The van der Waals surface area contributed by atoms with Gasteiger partial charge in [0.2, 0.25) is 29.5 Å². The molecule has 0 aromatic heterocycles. The van der Waals surface area contributed by atoms with Crippen LogP contribution < -0.4 is 31.9 Å². The number of nitrogens with one attached hydrogen (secondary N) is 6. The second-order valence-corrected chi connectivity index (χ2v) is 18.2. The Morgan fingerprint density at radius 3 is 1.25 bits per heavy atom. The second kappa shape index (κ2) is 21.7. The van der Waals surface area contributed by atoms with Gasteiger partial charge in [-0.05, 0) is 91.8 Å². The number of rotatable bonds is 20. The molecule has 3 aromatic rings. The van der Waals surface area contributed by atoms with E-state index in [1.54, 1.807) is 62.3 Å². The van der Waals surface area contributed by atoms with Crippen LogP contribution in [0.2, 0.25) is 0 Å². The van der Waals surface area contributed by atoms with Crippen LogP contribution in [0.5, 0.6) is 0 Å². The molecule has 332 valence electrons. The zero-order valence-electron chi connectivity index (χ0n) is 37.9. The molecule has 0 unspecified atom stereocenters. The first-order chi connectivity index (χ1) is 28.5. The number of benzene rings is 3. The molecule has 0 saturated carbocycles. The van der Waals surface area contributed by atoms with Gasteiger partial charge in [0.05, 0.1) is 23.9 Å². The SMILES string of the molecule is CCC[C@@H](C(=O)NC(C)(C)C(=O)N[C@@H](c1ccccc1)[C@@H](CCC)C(=O)NC(C)(C)C(=O)NCc1ccccc1)[C@@H](NC(=O)C(C)(C)NC(=O)OC(C)(C)C)c1ccccc1. The van der Waals surface area contributed by atoms with Gasteiger partial charge in [0.1, 0.15) is 22.2 Å². The van der Waals surface area contributed by atoms with Gasteiger partial charge in [-0.2, -0.15) is 0 Å². The molecule has 0 spiro atoms. The topological polar surface area (TPSA) is 184 Å². The Bertz CT molecular complexity index is 1930. The maximum atomic E-state index is 14.5. The van der Waals surface area contributed by atoms with Crippen LogP contribution in [0.4, 0.5) is 4.79 Å². The first kappa shape index (κ1) is 49.6. The summed E-state index contributed by atoms with van der Waals surface area (Å²) in [6, 6.07) is 26.0. The molecular formula is C48H68N6O7. The van der Waals surface area contributed by atoms with Crippen LogP contribution in [0, 0.1) is 11.8 Å². The molecule has 3 aromatic carbocycles. The molecule has 4 atom stereocenters. The van der Waals surface area contributed by atoms with Crippen LogP contribution in [0.1, 0.15) is 131 Å². The Morgan fingerprint density at radius 2 is 0.869 bits per heavy atom. The Kier molecular flexibility index (Phi) is 17.7. The summed E-state index contributed by atoms with van der Waals surface area (Å²) in [6.07, 6.45) is 1.15. The molecule has 0 aliphatic rings. The van der Waals surface area contributed by atoms with Gasteiger partial charge in [-0.1, -0.05) is 118 Å². The third-order valence-electron chi connectivity index (χ3n) is 10.3. The molecule has 61 heavy (non-hydrogen) atoms. The van der Waals surface area contributed by atoms with Crippen molar-refractivity contribution in [3.63, 3.8) is 0 Å². The van der Waals surface area contributed by atoms with E-state index in [-0.39, 0.29) is 5.91 Å². The highest BCUT2D eigenvalue weighted by atomic mass is 16.6. The minimum absolute atomic E-state index is 0.293. The maximum absolute atomic E-state index is 14.5. The van der Waals surface area contributed by atoms with Crippen molar-refractivity contribution in [3.8, 4) is 0 Å². The number of hydrogen-bond acceptors (Lipinski definition) is 7. The molecule has 6 N–H and O–H groups in total. The predicted octanol–water partition coefficient (Wildman–Crippen LogP) is 6.94. The highest BCUT2D eigenvalue weighted by molar-refractivity contribution is 5.94. The van der Waals surface area contributed by atoms with E-state index in [9.17, 15) is 28.8 Å². The lowest BCUT2D eigenvalue weighted by Crippen LogP contribution is -2.60. The van der Waals surface area contributed by atoms with Crippen LogP contribution in [0.3, 0.4) is 0 Å². The van der Waals surface area contributed by atoms with Gasteiger partial charge in [0.25, 0.3) is 0 Å². The predicted molar refractivity (Wildman–Crippen MR) is 238 cm³/mol. The molecule has 0 fully saturated rings. The normalized spacial score (nSPS) is 14.0. The van der Waals surface area contributed by atoms with Crippen molar-refractivity contribution in [2.45, 2.75) is 143 Å². The summed E-state index contributed by atoms with van der Waals surface area (Å²) < 4.78 is 5.39. The van der Waals surface area contributed by atoms with Crippen molar-refractivity contribution < 1.29 is 33.5 Å². The summed E-state index contributed by atoms with van der Waals surface area (Å²) in [7, 11) is 0. The van der Waals surface area contributed by atoms with Gasteiger partial charge < -0.3 is 36.6 Å². The average molecular weight is 841 g/mol. The fourth-order valence-corrected chi connectivity index (χ4v) is 6.85. The van der Waals surface area contributed by atoms with Gasteiger partial charge in [-0.3, -0.25) is 24.0 Å². The molecule has 13 nitrogen and oxygen atoms in total. The van der Waals surface area contributed by atoms with Crippen molar-refractivity contribution >= 4 is 35.6 Å². The van der Waals surface area contributed by atoms with Crippen LogP contribution in [-0.4, -0.2) is 57.8 Å². The maximum Gasteiger partial charge on any atom is 0.408 e. The Hall–Kier alpha value is -5.72. The summed E-state index contributed by atoms with van der Waals surface area (Å²) >= 11 is 0. The summed E-state index contributed by atoms with van der Waals surface area (Å²) in [5, 5.41) is 17.5. The lowest BCUT2D eigenvalue weighted by atomic mass is 9.86. The Labute approximate surface area is 362 Å². The fraction of sp³-hybridized carbons (Fsp3) is 0.500. The summed E-state index contributed by atoms with van der Waals surface area (Å²) in [6.45, 7) is 18.9. The number of amides is 6. The van der Waals surface area contributed by atoms with E-state index in [0.717, 1.165) is 5.56 Å².